The van der Waals surface area contributed by atoms with Crippen molar-refractivity contribution in [1.82, 2.24) is 0 Å². The molecule has 2 aliphatic rings. The predicted molar refractivity (Wildman–Crippen MR) is 128 cm³/mol. The van der Waals surface area contributed by atoms with Gasteiger partial charge in [0.1, 0.15) is 0 Å². The summed E-state index contributed by atoms with van der Waals surface area (Å²) in [5.41, 5.74) is 10.2. The highest BCUT2D eigenvalue weighted by atomic mass is 79.9. The molecule has 2 aliphatic carbocycles. The molecule has 2 aromatic rings. The Morgan fingerprint density at radius 2 is 1.15 bits per heavy atom. The Labute approximate surface area is 181 Å². The minimum absolute atomic E-state index is 0.596. The zero-order valence-electron chi connectivity index (χ0n) is 16.4. The monoisotopic (exact) mass is 500 g/mol. The third-order valence-electron chi connectivity index (χ3n) is 6.92. The van der Waals surface area contributed by atoms with Crippen molar-refractivity contribution in [2.75, 3.05) is 0 Å². The van der Waals surface area contributed by atoms with Crippen LogP contribution in [0.5, 0.6) is 0 Å². The maximum atomic E-state index is 3.80. The van der Waals surface area contributed by atoms with Gasteiger partial charge in [0.05, 0.1) is 8.07 Å². The lowest BCUT2D eigenvalue weighted by molar-refractivity contribution is 0.914. The lowest BCUT2D eigenvalue weighted by Crippen LogP contribution is -2.47. The van der Waals surface area contributed by atoms with E-state index in [2.05, 4.69) is 108 Å². The molecule has 0 saturated carbocycles. The highest BCUT2D eigenvalue weighted by Crippen LogP contribution is 2.56. The number of rotatable bonds is 4. The number of hydrogen-bond donors (Lipinski definition) is 0. The summed E-state index contributed by atoms with van der Waals surface area (Å²) in [6.07, 6.45) is 4.87. The van der Waals surface area contributed by atoms with Crippen LogP contribution in [0.25, 0.3) is 12.2 Å². The van der Waals surface area contributed by atoms with Gasteiger partial charge in [-0.05, 0) is 48.2 Å². The molecule has 0 aromatic heterocycles. The van der Waals surface area contributed by atoms with Gasteiger partial charge in [0.25, 0.3) is 0 Å². The molecular formula is C24H26Br2Si. The van der Waals surface area contributed by atoms with E-state index in [4.69, 9.17) is 0 Å². The molecule has 0 radical (unpaired) electrons. The average molecular weight is 502 g/mol. The second kappa shape index (κ2) is 7.17. The summed E-state index contributed by atoms with van der Waals surface area (Å²) < 4.78 is 2.47. The van der Waals surface area contributed by atoms with E-state index in [1.807, 2.05) is 0 Å². The van der Waals surface area contributed by atoms with Crippen LogP contribution in [0, 0.1) is 0 Å². The molecule has 3 heteroatoms. The number of halogens is 2. The van der Waals surface area contributed by atoms with Gasteiger partial charge >= 0.3 is 0 Å². The first kappa shape index (κ1) is 19.4. The van der Waals surface area contributed by atoms with Gasteiger partial charge in [-0.1, -0.05) is 105 Å². The van der Waals surface area contributed by atoms with Gasteiger partial charge in [-0.25, -0.2) is 0 Å². The first-order valence-corrected chi connectivity index (χ1v) is 14.0. The third-order valence-corrected chi connectivity index (χ3v) is 14.8. The maximum absolute atomic E-state index is 3.80. The molecule has 0 saturated heterocycles. The molecule has 0 nitrogen and oxygen atoms in total. The summed E-state index contributed by atoms with van der Waals surface area (Å²) in [6, 6.07) is 16.1. The van der Waals surface area contributed by atoms with Crippen molar-refractivity contribution in [3.8, 4) is 0 Å². The summed E-state index contributed by atoms with van der Waals surface area (Å²) in [5.74, 6) is 0. The molecule has 27 heavy (non-hydrogen) atoms. The summed E-state index contributed by atoms with van der Waals surface area (Å²) in [5, 5.41) is 0. The molecule has 4 rings (SSSR count). The van der Waals surface area contributed by atoms with Crippen molar-refractivity contribution in [2.45, 2.75) is 50.9 Å². The van der Waals surface area contributed by atoms with Gasteiger partial charge in [-0.15, -0.1) is 0 Å². The van der Waals surface area contributed by atoms with Crippen LogP contribution < -0.4 is 0 Å². The lowest BCUT2D eigenvalue weighted by atomic mass is 10.1. The van der Waals surface area contributed by atoms with E-state index in [0.717, 1.165) is 0 Å². The van der Waals surface area contributed by atoms with Crippen molar-refractivity contribution in [2.24, 2.45) is 0 Å². The molecule has 0 aliphatic heterocycles. The van der Waals surface area contributed by atoms with Crippen LogP contribution in [0.15, 0.2) is 56.5 Å². The van der Waals surface area contributed by atoms with Gasteiger partial charge in [-0.3, -0.25) is 0 Å². The Hall–Kier alpha value is -0.903. The average Bonchev–Trinajstić information content (AvgIpc) is 3.17. The van der Waals surface area contributed by atoms with Crippen LogP contribution in [0.2, 0.25) is 12.1 Å². The zero-order valence-corrected chi connectivity index (χ0v) is 20.6. The molecule has 0 spiro atoms. The Kier molecular flexibility index (Phi) is 5.15. The highest BCUT2D eigenvalue weighted by Gasteiger charge is 2.50. The Morgan fingerprint density at radius 3 is 1.52 bits per heavy atom. The second-order valence-corrected chi connectivity index (χ2v) is 14.8. The minimum Gasteiger partial charge on any atom is -0.0678 e. The number of allylic oxidation sites excluding steroid dienone is 2. The summed E-state index contributed by atoms with van der Waals surface area (Å²) in [7, 11) is -1.73. The molecule has 0 N–H and O–H groups in total. The van der Waals surface area contributed by atoms with E-state index in [1.54, 1.807) is 22.3 Å². The molecule has 0 bridgehead atoms. The van der Waals surface area contributed by atoms with Crippen molar-refractivity contribution >= 4 is 52.1 Å². The fraction of sp³-hybridized carbons (Fsp3) is 0.333. The molecule has 0 amide bonds. The topological polar surface area (TPSA) is 0 Å². The van der Waals surface area contributed by atoms with Gasteiger partial charge in [0.2, 0.25) is 0 Å². The predicted octanol–water partition coefficient (Wildman–Crippen LogP) is 8.48. The van der Waals surface area contributed by atoms with Crippen LogP contribution in [0.3, 0.4) is 0 Å². The molecule has 0 fully saturated rings. The van der Waals surface area contributed by atoms with Crippen LogP contribution >= 0.6 is 31.9 Å². The highest BCUT2D eigenvalue weighted by molar-refractivity contribution is 9.10. The van der Waals surface area contributed by atoms with Crippen molar-refractivity contribution < 1.29 is 0 Å². The third kappa shape index (κ3) is 2.80. The number of fused-ring (bicyclic) bond motifs is 2. The SMILES string of the molecule is CC[Si](CC)([C@@H]1C(C)=Cc2c(Br)cccc21)[C@H]1C(C)=Cc2c(Br)cccc21. The van der Waals surface area contributed by atoms with Crippen LogP contribution in [-0.2, 0) is 0 Å². The molecular weight excluding hydrogens is 476 g/mol. The number of benzene rings is 2. The van der Waals surface area contributed by atoms with E-state index >= 15 is 0 Å². The largest absolute Gasteiger partial charge is 0.0776 e. The maximum Gasteiger partial charge on any atom is 0.0776 e. The smallest absolute Gasteiger partial charge is 0.0678 e. The molecule has 140 valence electrons. The van der Waals surface area contributed by atoms with Crippen LogP contribution in [0.4, 0.5) is 0 Å². The summed E-state index contributed by atoms with van der Waals surface area (Å²) in [4.78, 5) is 0. The molecule has 2 atom stereocenters. The van der Waals surface area contributed by atoms with Crippen LogP contribution in [-0.4, -0.2) is 8.07 Å². The molecule has 0 heterocycles. The quantitative estimate of drug-likeness (QED) is 0.368. The van der Waals surface area contributed by atoms with Gasteiger partial charge in [0.15, 0.2) is 0 Å². The lowest BCUT2D eigenvalue weighted by Gasteiger charge is -2.44. The first-order valence-electron chi connectivity index (χ1n) is 9.87. The van der Waals surface area contributed by atoms with E-state index in [9.17, 15) is 0 Å². The summed E-state index contributed by atoms with van der Waals surface area (Å²) >= 11 is 7.59. The van der Waals surface area contributed by atoms with Crippen molar-refractivity contribution in [3.05, 3.63) is 78.7 Å². The van der Waals surface area contributed by atoms with E-state index in [0.29, 0.717) is 11.1 Å². The number of hydrogen-bond acceptors (Lipinski definition) is 0. The van der Waals surface area contributed by atoms with Gasteiger partial charge < -0.3 is 0 Å². The fourth-order valence-corrected chi connectivity index (χ4v) is 13.0. The van der Waals surface area contributed by atoms with Crippen molar-refractivity contribution in [3.63, 3.8) is 0 Å². The Bertz CT molecular complexity index is 891. The van der Waals surface area contributed by atoms with E-state index in [1.165, 1.54) is 32.2 Å². The molecule has 0 unspecified atom stereocenters. The first-order chi connectivity index (χ1) is 12.9. The Balaban J connectivity index is 1.93. The van der Waals surface area contributed by atoms with Gasteiger partial charge in [-0.2, -0.15) is 0 Å². The zero-order chi connectivity index (χ0) is 19.3. The molecule has 2 aromatic carbocycles. The Morgan fingerprint density at radius 1 is 0.741 bits per heavy atom. The minimum atomic E-state index is -1.73. The summed E-state index contributed by atoms with van der Waals surface area (Å²) in [6.45, 7) is 9.62. The van der Waals surface area contributed by atoms with E-state index < -0.39 is 8.07 Å². The van der Waals surface area contributed by atoms with Crippen LogP contribution in [0.1, 0.15) is 61.0 Å². The normalized spacial score (nSPS) is 21.0. The fourth-order valence-electron chi connectivity index (χ4n) is 5.79. The van der Waals surface area contributed by atoms with Gasteiger partial charge in [0, 0.05) is 20.0 Å². The second-order valence-electron chi connectivity index (χ2n) is 8.07. The standard InChI is InChI=1S/C24H26Br2Si/c1-5-27(6-2,23-15(3)13-19-17(23)9-7-11-21(19)25)24-16(4)14-20-18(24)10-8-12-22(20)26/h7-14,23-24H,5-6H2,1-4H3/t23-,24+. The van der Waals surface area contributed by atoms with Crippen molar-refractivity contribution in [1.29, 1.82) is 0 Å². The van der Waals surface area contributed by atoms with E-state index in [-0.39, 0.29) is 0 Å².